The number of rotatable bonds is 4. The van der Waals surface area contributed by atoms with Gasteiger partial charge in [-0.3, -0.25) is 0 Å². The summed E-state index contributed by atoms with van der Waals surface area (Å²) in [5.74, 6) is 1.50. The van der Waals surface area contributed by atoms with Crippen LogP contribution in [0.25, 0.3) is 0 Å². The summed E-state index contributed by atoms with van der Waals surface area (Å²) >= 11 is 0. The minimum Gasteiger partial charge on any atom is -0.496 e. The second kappa shape index (κ2) is 5.87. The van der Waals surface area contributed by atoms with E-state index >= 15 is 0 Å². The highest BCUT2D eigenvalue weighted by Gasteiger charge is 2.05. The van der Waals surface area contributed by atoms with E-state index in [-0.39, 0.29) is 0 Å². The van der Waals surface area contributed by atoms with E-state index in [1.54, 1.807) is 7.11 Å². The van der Waals surface area contributed by atoms with Gasteiger partial charge in [0.1, 0.15) is 5.75 Å². The van der Waals surface area contributed by atoms with Crippen LogP contribution >= 0.6 is 0 Å². The van der Waals surface area contributed by atoms with Gasteiger partial charge in [0.25, 0.3) is 0 Å². The maximum atomic E-state index is 5.35. The van der Waals surface area contributed by atoms with Crippen LogP contribution in [0.5, 0.6) is 11.5 Å². The molecule has 0 N–H and O–H groups in total. The Morgan fingerprint density at radius 2 is 1.61 bits per heavy atom. The molecule has 2 aromatic rings. The van der Waals surface area contributed by atoms with Crippen LogP contribution in [0, 0.1) is 0 Å². The van der Waals surface area contributed by atoms with Gasteiger partial charge in [0.2, 0.25) is 0 Å². The first-order valence-electron chi connectivity index (χ1n) is 5.71. The molecule has 0 aliphatic rings. The lowest BCUT2D eigenvalue weighted by Crippen LogP contribution is -2.00. The Morgan fingerprint density at radius 1 is 0.944 bits per heavy atom. The molecule has 0 aliphatic carbocycles. The second-order valence-electron chi connectivity index (χ2n) is 3.78. The van der Waals surface area contributed by atoms with Crippen LogP contribution in [-0.4, -0.2) is 12.8 Å². The first-order valence-corrected chi connectivity index (χ1v) is 5.71. The summed E-state index contributed by atoms with van der Waals surface area (Å²) in [6.45, 7) is 1.89. The Labute approximate surface area is 107 Å². The number of oxime groups is 1. The highest BCUT2D eigenvalue weighted by Crippen LogP contribution is 2.18. The third-order valence-corrected chi connectivity index (χ3v) is 2.53. The zero-order chi connectivity index (χ0) is 12.8. The summed E-state index contributed by atoms with van der Waals surface area (Å²) in [7, 11) is 1.64. The molecule has 0 amide bonds. The third kappa shape index (κ3) is 2.88. The lowest BCUT2D eigenvalue weighted by Gasteiger charge is -2.07. The fraction of sp³-hybridized carbons (Fsp3) is 0.133. The van der Waals surface area contributed by atoms with Gasteiger partial charge in [-0.2, -0.15) is 0 Å². The van der Waals surface area contributed by atoms with Crippen molar-refractivity contribution in [3.8, 4) is 11.5 Å². The van der Waals surface area contributed by atoms with Gasteiger partial charge >= 0.3 is 0 Å². The van der Waals surface area contributed by atoms with E-state index in [0.29, 0.717) is 5.75 Å². The Bertz CT molecular complexity index is 535. The number of nitrogens with zero attached hydrogens (tertiary/aromatic N) is 1. The summed E-state index contributed by atoms with van der Waals surface area (Å²) in [5.41, 5.74) is 1.70. The molecular weight excluding hydrogens is 226 g/mol. The third-order valence-electron chi connectivity index (χ3n) is 2.53. The summed E-state index contributed by atoms with van der Waals surface area (Å²) in [6, 6.07) is 17.2. The standard InChI is InChI=1S/C15H15NO2/c1-12(14-10-6-7-11-15(14)17-2)16-18-13-8-4-3-5-9-13/h3-11H,1-2H3/b16-12+. The summed E-state index contributed by atoms with van der Waals surface area (Å²) < 4.78 is 5.28. The second-order valence-corrected chi connectivity index (χ2v) is 3.78. The SMILES string of the molecule is COc1ccccc1/C(C)=N/Oc1ccccc1. The maximum Gasteiger partial charge on any atom is 0.157 e. The Hall–Kier alpha value is -2.29. The number of hydrogen-bond donors (Lipinski definition) is 0. The maximum absolute atomic E-state index is 5.35. The molecule has 0 aliphatic heterocycles. The van der Waals surface area contributed by atoms with Crippen LogP contribution in [0.1, 0.15) is 12.5 Å². The first-order chi connectivity index (χ1) is 8.81. The fourth-order valence-electron chi connectivity index (χ4n) is 1.60. The molecule has 18 heavy (non-hydrogen) atoms. The van der Waals surface area contributed by atoms with Gasteiger partial charge in [-0.05, 0) is 31.2 Å². The first kappa shape index (κ1) is 12.2. The minimum atomic E-state index is 0.715. The average Bonchev–Trinajstić information content (AvgIpc) is 2.45. The largest absolute Gasteiger partial charge is 0.496 e. The molecule has 0 atom stereocenters. The monoisotopic (exact) mass is 241 g/mol. The van der Waals surface area contributed by atoms with Gasteiger partial charge in [0.05, 0.1) is 12.8 Å². The molecule has 3 heteroatoms. The van der Waals surface area contributed by atoms with Crippen LogP contribution in [0.4, 0.5) is 0 Å². The van der Waals surface area contributed by atoms with Crippen molar-refractivity contribution in [2.45, 2.75) is 6.92 Å². The van der Waals surface area contributed by atoms with Crippen LogP contribution in [0.15, 0.2) is 59.8 Å². The molecule has 2 rings (SSSR count). The number of hydrogen-bond acceptors (Lipinski definition) is 3. The minimum absolute atomic E-state index is 0.715. The zero-order valence-corrected chi connectivity index (χ0v) is 10.5. The lowest BCUT2D eigenvalue weighted by molar-refractivity contribution is 0.341. The van der Waals surface area contributed by atoms with E-state index < -0.39 is 0 Å². The topological polar surface area (TPSA) is 30.8 Å². The Balaban J connectivity index is 2.18. The van der Waals surface area contributed by atoms with E-state index in [2.05, 4.69) is 5.16 Å². The number of methoxy groups -OCH3 is 1. The molecule has 0 saturated carbocycles. The van der Waals surface area contributed by atoms with Crippen molar-refractivity contribution in [1.29, 1.82) is 0 Å². The molecule has 0 fully saturated rings. The van der Waals surface area contributed by atoms with E-state index in [1.165, 1.54) is 0 Å². The van der Waals surface area contributed by atoms with Crippen LogP contribution in [0.3, 0.4) is 0 Å². The summed E-state index contributed by atoms with van der Waals surface area (Å²) in [5, 5.41) is 4.11. The number of para-hydroxylation sites is 2. The van der Waals surface area contributed by atoms with Crippen molar-refractivity contribution in [3.63, 3.8) is 0 Å². The smallest absolute Gasteiger partial charge is 0.157 e. The highest BCUT2D eigenvalue weighted by molar-refractivity contribution is 6.00. The fourth-order valence-corrected chi connectivity index (χ4v) is 1.60. The van der Waals surface area contributed by atoms with Gasteiger partial charge in [-0.1, -0.05) is 35.5 Å². The zero-order valence-electron chi connectivity index (χ0n) is 10.5. The van der Waals surface area contributed by atoms with Crippen molar-refractivity contribution in [1.82, 2.24) is 0 Å². The van der Waals surface area contributed by atoms with Crippen LogP contribution in [0.2, 0.25) is 0 Å². The van der Waals surface area contributed by atoms with E-state index in [4.69, 9.17) is 9.57 Å². The van der Waals surface area contributed by atoms with Gasteiger partial charge < -0.3 is 9.57 Å². The van der Waals surface area contributed by atoms with Crippen molar-refractivity contribution in [2.75, 3.05) is 7.11 Å². The molecule has 2 aromatic carbocycles. The predicted molar refractivity (Wildman–Crippen MR) is 72.3 cm³/mol. The van der Waals surface area contributed by atoms with E-state index in [1.807, 2.05) is 61.5 Å². The molecule has 0 radical (unpaired) electrons. The Kier molecular flexibility index (Phi) is 3.97. The number of benzene rings is 2. The molecule has 3 nitrogen and oxygen atoms in total. The van der Waals surface area contributed by atoms with Gasteiger partial charge in [0, 0.05) is 5.56 Å². The molecule has 0 saturated heterocycles. The lowest BCUT2D eigenvalue weighted by atomic mass is 10.1. The van der Waals surface area contributed by atoms with Crippen LogP contribution < -0.4 is 9.57 Å². The molecular formula is C15H15NO2. The average molecular weight is 241 g/mol. The molecule has 0 aromatic heterocycles. The van der Waals surface area contributed by atoms with Crippen molar-refractivity contribution < 1.29 is 9.57 Å². The molecule has 0 heterocycles. The van der Waals surface area contributed by atoms with Crippen molar-refractivity contribution >= 4 is 5.71 Å². The Morgan fingerprint density at radius 3 is 2.33 bits per heavy atom. The van der Waals surface area contributed by atoms with Gasteiger partial charge in [-0.25, -0.2) is 0 Å². The van der Waals surface area contributed by atoms with Gasteiger partial charge in [0.15, 0.2) is 5.75 Å². The predicted octanol–water partition coefficient (Wildman–Crippen LogP) is 3.50. The normalized spacial score (nSPS) is 11.1. The van der Waals surface area contributed by atoms with Crippen LogP contribution in [-0.2, 0) is 0 Å². The molecule has 0 spiro atoms. The van der Waals surface area contributed by atoms with Gasteiger partial charge in [-0.15, -0.1) is 0 Å². The quantitative estimate of drug-likeness (QED) is 0.606. The van der Waals surface area contributed by atoms with E-state index in [9.17, 15) is 0 Å². The molecule has 0 unspecified atom stereocenters. The van der Waals surface area contributed by atoms with Crippen molar-refractivity contribution in [2.24, 2.45) is 5.16 Å². The number of ether oxygens (including phenoxy) is 1. The summed E-state index contributed by atoms with van der Waals surface area (Å²) in [6.07, 6.45) is 0. The molecule has 92 valence electrons. The molecule has 0 bridgehead atoms. The summed E-state index contributed by atoms with van der Waals surface area (Å²) in [4.78, 5) is 5.35. The van der Waals surface area contributed by atoms with Crippen molar-refractivity contribution in [3.05, 3.63) is 60.2 Å². The van der Waals surface area contributed by atoms with E-state index in [0.717, 1.165) is 17.0 Å². The highest BCUT2D eigenvalue weighted by atomic mass is 16.6.